The van der Waals surface area contributed by atoms with Crippen LogP contribution in [0.5, 0.6) is 0 Å². The van der Waals surface area contributed by atoms with Crippen molar-refractivity contribution in [3.63, 3.8) is 0 Å². The molecule has 0 aliphatic carbocycles. The van der Waals surface area contributed by atoms with Crippen LogP contribution >= 0.6 is 23.2 Å². The minimum atomic E-state index is -4.59. The highest BCUT2D eigenvalue weighted by molar-refractivity contribution is 6.32. The fourth-order valence-corrected chi connectivity index (χ4v) is 1.40. The maximum absolute atomic E-state index is 12.2. The third-order valence-corrected chi connectivity index (χ3v) is 2.30. The number of halogens is 5. The fraction of sp³-hybridized carbons (Fsp3) is 0.333. The molecule has 0 fully saturated rings. The molecule has 1 aromatic rings. The van der Waals surface area contributed by atoms with E-state index < -0.39 is 18.0 Å². The number of carbonyl (C=O) groups is 1. The molecule has 1 N–H and O–H groups in total. The predicted octanol–water partition coefficient (Wildman–Crippen LogP) is 3.53. The molecule has 0 saturated carbocycles. The van der Waals surface area contributed by atoms with Crippen molar-refractivity contribution >= 4 is 34.8 Å². The van der Waals surface area contributed by atoms with Crippen LogP contribution in [0.4, 0.5) is 18.9 Å². The summed E-state index contributed by atoms with van der Waals surface area (Å²) in [5.41, 5.74) is 0.0658. The zero-order valence-corrected chi connectivity index (χ0v) is 9.99. The van der Waals surface area contributed by atoms with Crippen molar-refractivity contribution in [2.45, 2.75) is 13.1 Å². The number of hydrogen-bond acceptors (Lipinski definition) is 2. The molecule has 94 valence electrons. The SMILES string of the molecule is CC(C(=O)Nc1cc(Cl)nc(Cl)c1)C(F)(F)F. The number of alkyl halides is 3. The van der Waals surface area contributed by atoms with Crippen molar-refractivity contribution in [2.24, 2.45) is 5.92 Å². The molecule has 1 heterocycles. The van der Waals surface area contributed by atoms with Crippen LogP contribution in [0.15, 0.2) is 12.1 Å². The Kier molecular flexibility index (Phi) is 4.21. The zero-order valence-electron chi connectivity index (χ0n) is 8.48. The van der Waals surface area contributed by atoms with Crippen LogP contribution in [0.3, 0.4) is 0 Å². The third kappa shape index (κ3) is 4.05. The summed E-state index contributed by atoms with van der Waals surface area (Å²) in [4.78, 5) is 14.8. The summed E-state index contributed by atoms with van der Waals surface area (Å²) < 4.78 is 36.7. The Bertz CT molecular complexity index is 416. The molecule has 0 aromatic carbocycles. The van der Waals surface area contributed by atoms with Gasteiger partial charge < -0.3 is 5.32 Å². The standard InChI is InChI=1S/C9H7Cl2F3N2O/c1-4(9(12,13)14)8(17)15-5-2-6(10)16-7(11)3-5/h2-4H,1H3,(H,15,16,17). The predicted molar refractivity (Wildman–Crippen MR) is 58.1 cm³/mol. The van der Waals surface area contributed by atoms with Gasteiger partial charge in [0.15, 0.2) is 0 Å². The van der Waals surface area contributed by atoms with Gasteiger partial charge in [0.25, 0.3) is 0 Å². The lowest BCUT2D eigenvalue weighted by molar-refractivity contribution is -0.175. The van der Waals surface area contributed by atoms with Crippen LogP contribution in [0.2, 0.25) is 10.3 Å². The van der Waals surface area contributed by atoms with E-state index in [2.05, 4.69) is 10.3 Å². The first-order valence-corrected chi connectivity index (χ1v) is 5.16. The maximum Gasteiger partial charge on any atom is 0.400 e. The van der Waals surface area contributed by atoms with Gasteiger partial charge >= 0.3 is 6.18 Å². The number of nitrogens with one attached hydrogen (secondary N) is 1. The van der Waals surface area contributed by atoms with Gasteiger partial charge in [0.05, 0.1) is 0 Å². The molecule has 0 aliphatic rings. The lowest BCUT2D eigenvalue weighted by atomic mass is 10.1. The average Bonchev–Trinajstić information content (AvgIpc) is 2.13. The number of hydrogen-bond donors (Lipinski definition) is 1. The van der Waals surface area contributed by atoms with Crippen molar-refractivity contribution in [3.8, 4) is 0 Å². The number of anilines is 1. The van der Waals surface area contributed by atoms with Crippen LogP contribution < -0.4 is 5.32 Å². The van der Waals surface area contributed by atoms with E-state index in [4.69, 9.17) is 23.2 Å². The number of rotatable bonds is 2. The number of nitrogens with zero attached hydrogens (tertiary/aromatic N) is 1. The minimum Gasteiger partial charge on any atom is -0.325 e. The molecule has 1 unspecified atom stereocenters. The summed E-state index contributed by atoms with van der Waals surface area (Å²) in [6.07, 6.45) is -4.59. The van der Waals surface area contributed by atoms with Gasteiger partial charge in [-0.05, 0) is 19.1 Å². The van der Waals surface area contributed by atoms with Gasteiger partial charge in [-0.3, -0.25) is 4.79 Å². The minimum absolute atomic E-state index is 0.0209. The van der Waals surface area contributed by atoms with Gasteiger partial charge in [-0.1, -0.05) is 23.2 Å². The number of carbonyl (C=O) groups excluding carboxylic acids is 1. The summed E-state index contributed by atoms with van der Waals surface area (Å²) in [6, 6.07) is 2.41. The van der Waals surface area contributed by atoms with E-state index in [1.165, 1.54) is 12.1 Å². The van der Waals surface area contributed by atoms with Crippen LogP contribution in [0.1, 0.15) is 6.92 Å². The summed E-state index contributed by atoms with van der Waals surface area (Å²) in [6.45, 7) is 0.764. The zero-order chi connectivity index (χ0) is 13.2. The van der Waals surface area contributed by atoms with Gasteiger partial charge in [0.1, 0.15) is 16.2 Å². The van der Waals surface area contributed by atoms with Crippen molar-refractivity contribution in [3.05, 3.63) is 22.4 Å². The van der Waals surface area contributed by atoms with E-state index in [-0.39, 0.29) is 16.0 Å². The van der Waals surface area contributed by atoms with E-state index in [0.29, 0.717) is 0 Å². The van der Waals surface area contributed by atoms with Gasteiger partial charge in [-0.2, -0.15) is 13.2 Å². The lowest BCUT2D eigenvalue weighted by Crippen LogP contribution is -2.32. The van der Waals surface area contributed by atoms with Crippen molar-refractivity contribution in [2.75, 3.05) is 5.32 Å². The van der Waals surface area contributed by atoms with Crippen LogP contribution in [-0.4, -0.2) is 17.1 Å². The summed E-state index contributed by atoms with van der Waals surface area (Å²) in [7, 11) is 0. The topological polar surface area (TPSA) is 42.0 Å². The second-order valence-electron chi connectivity index (χ2n) is 3.25. The molecule has 1 amide bonds. The van der Waals surface area contributed by atoms with Gasteiger partial charge in [-0.25, -0.2) is 4.98 Å². The molecule has 3 nitrogen and oxygen atoms in total. The Hall–Kier alpha value is -1.01. The first-order chi connectivity index (χ1) is 7.70. The van der Waals surface area contributed by atoms with Crippen molar-refractivity contribution in [1.82, 2.24) is 4.98 Å². The number of aromatic nitrogens is 1. The summed E-state index contributed by atoms with van der Waals surface area (Å²) in [5, 5.41) is 2.02. The van der Waals surface area contributed by atoms with Gasteiger partial charge in [-0.15, -0.1) is 0 Å². The van der Waals surface area contributed by atoms with Crippen LogP contribution in [-0.2, 0) is 4.79 Å². The lowest BCUT2D eigenvalue weighted by Gasteiger charge is -2.15. The molecule has 0 radical (unpaired) electrons. The van der Waals surface area contributed by atoms with Crippen molar-refractivity contribution < 1.29 is 18.0 Å². The second kappa shape index (κ2) is 5.10. The Morgan fingerprint density at radius 3 is 2.24 bits per heavy atom. The summed E-state index contributed by atoms with van der Waals surface area (Å²) >= 11 is 11.1. The molecule has 0 aliphatic heterocycles. The molecular formula is C9H7Cl2F3N2O. The Morgan fingerprint density at radius 1 is 1.35 bits per heavy atom. The Morgan fingerprint density at radius 2 is 1.82 bits per heavy atom. The van der Waals surface area contributed by atoms with E-state index in [9.17, 15) is 18.0 Å². The molecule has 17 heavy (non-hydrogen) atoms. The highest BCUT2D eigenvalue weighted by Crippen LogP contribution is 2.27. The fourth-order valence-electron chi connectivity index (χ4n) is 0.936. The number of amides is 1. The van der Waals surface area contributed by atoms with Crippen LogP contribution in [0, 0.1) is 5.92 Å². The molecular weight excluding hydrogens is 280 g/mol. The smallest absolute Gasteiger partial charge is 0.325 e. The second-order valence-corrected chi connectivity index (χ2v) is 4.03. The highest BCUT2D eigenvalue weighted by atomic mass is 35.5. The average molecular weight is 287 g/mol. The van der Waals surface area contributed by atoms with Gasteiger partial charge in [0, 0.05) is 5.69 Å². The normalized spacial score (nSPS) is 13.3. The molecule has 1 atom stereocenters. The van der Waals surface area contributed by atoms with Gasteiger partial charge in [0.2, 0.25) is 5.91 Å². The Balaban J connectivity index is 2.81. The number of pyridine rings is 1. The monoisotopic (exact) mass is 286 g/mol. The largest absolute Gasteiger partial charge is 0.400 e. The molecule has 8 heteroatoms. The first kappa shape index (κ1) is 14.1. The van der Waals surface area contributed by atoms with E-state index >= 15 is 0 Å². The maximum atomic E-state index is 12.2. The quantitative estimate of drug-likeness (QED) is 0.845. The molecule has 0 saturated heterocycles. The molecule has 1 aromatic heterocycles. The van der Waals surface area contributed by atoms with E-state index in [0.717, 1.165) is 6.92 Å². The third-order valence-electron chi connectivity index (χ3n) is 1.91. The van der Waals surface area contributed by atoms with E-state index in [1.807, 2.05) is 0 Å². The van der Waals surface area contributed by atoms with Crippen LogP contribution in [0.25, 0.3) is 0 Å². The summed E-state index contributed by atoms with van der Waals surface area (Å²) in [5.74, 6) is -3.30. The first-order valence-electron chi connectivity index (χ1n) is 4.41. The molecule has 0 bridgehead atoms. The van der Waals surface area contributed by atoms with E-state index in [1.54, 1.807) is 0 Å². The van der Waals surface area contributed by atoms with Crippen molar-refractivity contribution in [1.29, 1.82) is 0 Å². The molecule has 0 spiro atoms. The Labute approximate surface area is 105 Å². The molecule has 1 rings (SSSR count). The highest BCUT2D eigenvalue weighted by Gasteiger charge is 2.41.